The fraction of sp³-hybridized carbons (Fsp3) is 0.107. The molecule has 0 atom stereocenters. The summed E-state index contributed by atoms with van der Waals surface area (Å²) in [5.41, 5.74) is 0.542. The first-order valence-electron chi connectivity index (χ1n) is 11.6. The number of hydrogen-bond acceptors (Lipinski definition) is 5. The van der Waals surface area contributed by atoms with Crippen LogP contribution >= 0.6 is 0 Å². The van der Waals surface area contributed by atoms with Gasteiger partial charge in [-0.2, -0.15) is 4.99 Å². The number of amides is 1. The van der Waals surface area contributed by atoms with Crippen molar-refractivity contribution in [1.82, 2.24) is 14.0 Å². The van der Waals surface area contributed by atoms with E-state index in [-0.39, 0.29) is 40.8 Å². The van der Waals surface area contributed by atoms with E-state index in [1.807, 2.05) is 30.3 Å². The number of carbonyl (C=O) groups is 2. The zero-order valence-electron chi connectivity index (χ0n) is 19.8. The number of esters is 1. The second-order valence-electron chi connectivity index (χ2n) is 8.15. The van der Waals surface area contributed by atoms with Gasteiger partial charge in [0.1, 0.15) is 22.7 Å². The molecule has 0 fully saturated rings. The molecular weight excluding hydrogens is 475 g/mol. The molecule has 3 heterocycles. The molecule has 5 rings (SSSR count). The van der Waals surface area contributed by atoms with Crippen molar-refractivity contribution in [3.63, 3.8) is 0 Å². The van der Waals surface area contributed by atoms with Crippen molar-refractivity contribution < 1.29 is 18.7 Å². The standard InChI is InChI=1S/C28H21FN4O4/c1-2-37-28(36)21-16-20-24(30-23-14-8-9-15-32(23)27(20)35)33(17-18-10-4-3-5-11-18)25(21)31-26(34)19-12-6-7-13-22(19)29/h3-16H,2,17H2,1H3. The molecule has 0 aliphatic rings. The Hall–Kier alpha value is -4.92. The minimum absolute atomic E-state index is 0.0607. The highest BCUT2D eigenvalue weighted by molar-refractivity contribution is 5.97. The minimum atomic E-state index is -0.887. The van der Waals surface area contributed by atoms with Crippen LogP contribution in [-0.4, -0.2) is 32.4 Å². The molecule has 184 valence electrons. The fourth-order valence-electron chi connectivity index (χ4n) is 4.06. The predicted molar refractivity (Wildman–Crippen MR) is 135 cm³/mol. The van der Waals surface area contributed by atoms with E-state index in [0.717, 1.165) is 11.6 Å². The third-order valence-corrected chi connectivity index (χ3v) is 5.78. The summed E-state index contributed by atoms with van der Waals surface area (Å²) in [6.07, 6.45) is 1.58. The predicted octanol–water partition coefficient (Wildman–Crippen LogP) is 3.75. The normalized spacial score (nSPS) is 11.7. The van der Waals surface area contributed by atoms with Crippen LogP contribution in [0.15, 0.2) is 94.8 Å². The number of nitrogens with zero attached hydrogens (tertiary/aromatic N) is 4. The van der Waals surface area contributed by atoms with Crippen LogP contribution in [0.1, 0.15) is 33.2 Å². The van der Waals surface area contributed by atoms with Gasteiger partial charge in [-0.1, -0.05) is 48.5 Å². The summed E-state index contributed by atoms with van der Waals surface area (Å²) < 4.78 is 22.5. The van der Waals surface area contributed by atoms with Gasteiger partial charge in [0, 0.05) is 6.20 Å². The number of halogens is 1. The Labute approximate surface area is 209 Å². The first-order valence-corrected chi connectivity index (χ1v) is 11.6. The highest BCUT2D eigenvalue weighted by Crippen LogP contribution is 2.14. The second-order valence-corrected chi connectivity index (χ2v) is 8.15. The van der Waals surface area contributed by atoms with Crippen molar-refractivity contribution in [2.24, 2.45) is 4.99 Å². The van der Waals surface area contributed by atoms with Crippen molar-refractivity contribution in [2.75, 3.05) is 6.61 Å². The van der Waals surface area contributed by atoms with E-state index in [4.69, 9.17) is 4.74 Å². The van der Waals surface area contributed by atoms with Crippen LogP contribution in [0.4, 0.5) is 4.39 Å². The second kappa shape index (κ2) is 9.98. The van der Waals surface area contributed by atoms with Crippen molar-refractivity contribution in [3.8, 4) is 0 Å². The van der Waals surface area contributed by atoms with Crippen LogP contribution in [0.5, 0.6) is 0 Å². The molecule has 0 aliphatic heterocycles. The Balaban J connectivity index is 1.91. The third kappa shape index (κ3) is 4.54. The molecule has 0 unspecified atom stereocenters. The maximum atomic E-state index is 14.4. The molecule has 0 aliphatic carbocycles. The van der Waals surface area contributed by atoms with Crippen LogP contribution in [0.3, 0.4) is 0 Å². The topological polar surface area (TPSA) is 95.0 Å². The van der Waals surface area contributed by atoms with Gasteiger partial charge in [-0.05, 0) is 42.8 Å². The van der Waals surface area contributed by atoms with Gasteiger partial charge in [0.05, 0.1) is 24.1 Å². The van der Waals surface area contributed by atoms with Crippen molar-refractivity contribution in [2.45, 2.75) is 13.5 Å². The lowest BCUT2D eigenvalue weighted by molar-refractivity contribution is 0.0523. The lowest BCUT2D eigenvalue weighted by Gasteiger charge is -2.15. The summed E-state index contributed by atoms with van der Waals surface area (Å²) in [6.45, 7) is 1.83. The van der Waals surface area contributed by atoms with Crippen molar-refractivity contribution >= 4 is 28.6 Å². The molecule has 0 N–H and O–H groups in total. The van der Waals surface area contributed by atoms with Crippen LogP contribution in [-0.2, 0) is 11.3 Å². The average Bonchev–Trinajstić information content (AvgIpc) is 2.91. The van der Waals surface area contributed by atoms with E-state index in [1.54, 1.807) is 31.3 Å². The lowest BCUT2D eigenvalue weighted by atomic mass is 10.1. The molecule has 0 bridgehead atoms. The first-order chi connectivity index (χ1) is 18.0. The van der Waals surface area contributed by atoms with E-state index in [9.17, 15) is 18.8 Å². The average molecular weight is 496 g/mol. The van der Waals surface area contributed by atoms with Crippen LogP contribution in [0, 0.1) is 5.82 Å². The molecule has 9 heteroatoms. The maximum absolute atomic E-state index is 14.4. The van der Waals surface area contributed by atoms with Gasteiger partial charge in [0.25, 0.3) is 11.5 Å². The summed E-state index contributed by atoms with van der Waals surface area (Å²) in [5, 5.41) is 0.139. The van der Waals surface area contributed by atoms with Gasteiger partial charge >= 0.3 is 5.97 Å². The molecular formula is C28H21FN4O4. The van der Waals surface area contributed by atoms with E-state index in [1.165, 1.54) is 33.2 Å². The quantitative estimate of drug-likeness (QED) is 0.273. The summed E-state index contributed by atoms with van der Waals surface area (Å²) in [7, 11) is 0. The summed E-state index contributed by atoms with van der Waals surface area (Å²) in [6, 6.07) is 21.1. The number of fused-ring (bicyclic) bond motifs is 2. The molecule has 1 amide bonds. The van der Waals surface area contributed by atoms with Gasteiger partial charge < -0.3 is 9.30 Å². The molecule has 0 saturated heterocycles. The highest BCUT2D eigenvalue weighted by Gasteiger charge is 2.21. The van der Waals surface area contributed by atoms with E-state index < -0.39 is 23.3 Å². The maximum Gasteiger partial charge on any atom is 0.341 e. The first kappa shape index (κ1) is 23.8. The summed E-state index contributed by atoms with van der Waals surface area (Å²) in [4.78, 5) is 48.5. The van der Waals surface area contributed by atoms with E-state index in [0.29, 0.717) is 5.65 Å². The SMILES string of the molecule is CCOC(=O)c1cc2c(=O)n3ccccc3nc2n(Cc2ccccc2)c1=NC(=O)c1ccccc1F. The number of pyridine rings is 2. The summed E-state index contributed by atoms with van der Waals surface area (Å²) in [5.74, 6) is -2.40. The van der Waals surface area contributed by atoms with Gasteiger partial charge in [0.2, 0.25) is 0 Å². The van der Waals surface area contributed by atoms with Gasteiger partial charge in [0.15, 0.2) is 5.49 Å². The van der Waals surface area contributed by atoms with Gasteiger partial charge in [-0.25, -0.2) is 14.2 Å². The molecule has 2 aromatic carbocycles. The molecule has 3 aromatic heterocycles. The van der Waals surface area contributed by atoms with Crippen LogP contribution in [0.25, 0.3) is 16.7 Å². The fourth-order valence-corrected chi connectivity index (χ4v) is 4.06. The number of aromatic nitrogens is 3. The largest absolute Gasteiger partial charge is 0.462 e. The molecule has 37 heavy (non-hydrogen) atoms. The highest BCUT2D eigenvalue weighted by atomic mass is 19.1. The third-order valence-electron chi connectivity index (χ3n) is 5.78. The Morgan fingerprint density at radius 3 is 2.46 bits per heavy atom. The molecule has 5 aromatic rings. The Morgan fingerprint density at radius 1 is 0.973 bits per heavy atom. The van der Waals surface area contributed by atoms with Gasteiger partial charge in [-0.3, -0.25) is 14.0 Å². The minimum Gasteiger partial charge on any atom is -0.462 e. The van der Waals surface area contributed by atoms with E-state index >= 15 is 0 Å². The number of ether oxygens (including phenoxy) is 1. The Bertz CT molecular complexity index is 1790. The monoisotopic (exact) mass is 496 g/mol. The smallest absolute Gasteiger partial charge is 0.341 e. The lowest BCUT2D eigenvalue weighted by Crippen LogP contribution is -2.33. The molecule has 0 radical (unpaired) electrons. The number of carbonyl (C=O) groups excluding carboxylic acids is 2. The van der Waals surface area contributed by atoms with Crippen molar-refractivity contribution in [3.05, 3.63) is 123 Å². The zero-order valence-corrected chi connectivity index (χ0v) is 19.8. The van der Waals surface area contributed by atoms with E-state index in [2.05, 4.69) is 9.98 Å². The van der Waals surface area contributed by atoms with Gasteiger partial charge in [-0.15, -0.1) is 0 Å². The molecule has 8 nitrogen and oxygen atoms in total. The Kier molecular flexibility index (Phi) is 6.42. The molecule has 0 saturated carbocycles. The van der Waals surface area contributed by atoms with Crippen molar-refractivity contribution in [1.29, 1.82) is 0 Å². The zero-order chi connectivity index (χ0) is 25.9. The summed E-state index contributed by atoms with van der Waals surface area (Å²) >= 11 is 0. The molecule has 0 spiro atoms. The number of hydrogen-bond donors (Lipinski definition) is 0. The van der Waals surface area contributed by atoms with Crippen LogP contribution in [0.2, 0.25) is 0 Å². The number of rotatable bonds is 5. The van der Waals surface area contributed by atoms with Crippen LogP contribution < -0.4 is 11.0 Å². The number of benzene rings is 2. The Morgan fingerprint density at radius 2 is 1.70 bits per heavy atom.